The van der Waals surface area contributed by atoms with E-state index in [0.29, 0.717) is 55.7 Å². The molecule has 3 aromatic rings. The summed E-state index contributed by atoms with van der Waals surface area (Å²) >= 11 is 0.994. The van der Waals surface area contributed by atoms with Gasteiger partial charge in [0.1, 0.15) is 5.84 Å². The van der Waals surface area contributed by atoms with E-state index < -0.39 is 0 Å². The Hall–Kier alpha value is -4.25. The maximum absolute atomic E-state index is 12.4. The molecular formula is C29H34N6O4S. The number of rotatable bonds is 10. The zero-order valence-electron chi connectivity index (χ0n) is 23.4. The van der Waals surface area contributed by atoms with E-state index in [4.69, 9.17) is 14.5 Å². The lowest BCUT2D eigenvalue weighted by atomic mass is 9.95. The molecule has 2 N–H and O–H groups in total. The zero-order valence-corrected chi connectivity index (χ0v) is 24.2. The van der Waals surface area contributed by atoms with Crippen LogP contribution in [0.3, 0.4) is 0 Å². The lowest BCUT2D eigenvalue weighted by Gasteiger charge is -2.34. The fourth-order valence-electron chi connectivity index (χ4n) is 4.85. The van der Waals surface area contributed by atoms with Crippen LogP contribution in [0.1, 0.15) is 45.2 Å². The van der Waals surface area contributed by atoms with Crippen LogP contribution in [0.5, 0.6) is 11.5 Å². The van der Waals surface area contributed by atoms with Crippen LogP contribution in [0.4, 0.5) is 5.69 Å². The lowest BCUT2D eigenvalue weighted by Crippen LogP contribution is -2.38. The van der Waals surface area contributed by atoms with Gasteiger partial charge in [-0.1, -0.05) is 17.7 Å². The van der Waals surface area contributed by atoms with Crippen molar-refractivity contribution >= 4 is 41.3 Å². The Kier molecular flexibility index (Phi) is 9.49. The molecular weight excluding hydrogens is 528 g/mol. The SMILES string of the molecule is CCOc1cc2c(cc1OC)/C(=C/C(=Nc1c(C)cc(C)cc1C)NC=O)N(CCNC(=O)c1cnsn1)CC2. The third-order valence-corrected chi connectivity index (χ3v) is 7.04. The summed E-state index contributed by atoms with van der Waals surface area (Å²) in [6.45, 7) is 10.1. The number of methoxy groups -OCH3 is 1. The molecule has 0 radical (unpaired) electrons. The number of benzene rings is 2. The molecule has 10 nitrogen and oxygen atoms in total. The number of amidine groups is 1. The molecule has 1 aliphatic heterocycles. The van der Waals surface area contributed by atoms with E-state index in [1.807, 2.05) is 45.9 Å². The number of amides is 2. The predicted molar refractivity (Wildman–Crippen MR) is 157 cm³/mol. The summed E-state index contributed by atoms with van der Waals surface area (Å²) in [5, 5.41) is 5.69. The number of carbonyl (C=O) groups is 2. The monoisotopic (exact) mass is 562 g/mol. The minimum Gasteiger partial charge on any atom is -0.493 e. The van der Waals surface area contributed by atoms with Crippen molar-refractivity contribution < 1.29 is 19.1 Å². The van der Waals surface area contributed by atoms with Crippen molar-refractivity contribution in [2.75, 3.05) is 33.4 Å². The van der Waals surface area contributed by atoms with Gasteiger partial charge in [-0.05, 0) is 62.9 Å². The minimum atomic E-state index is -0.269. The van der Waals surface area contributed by atoms with E-state index in [9.17, 15) is 9.59 Å². The summed E-state index contributed by atoms with van der Waals surface area (Å²) in [4.78, 5) is 31.1. The number of fused-ring (bicyclic) bond motifs is 1. The number of hydrogen-bond acceptors (Lipinski definition) is 9. The van der Waals surface area contributed by atoms with Crippen LogP contribution >= 0.6 is 11.7 Å². The maximum Gasteiger partial charge on any atom is 0.272 e. The largest absolute Gasteiger partial charge is 0.493 e. The second kappa shape index (κ2) is 13.2. The van der Waals surface area contributed by atoms with Gasteiger partial charge in [0.15, 0.2) is 17.2 Å². The average molecular weight is 563 g/mol. The molecule has 0 saturated carbocycles. The second-order valence-electron chi connectivity index (χ2n) is 9.41. The molecule has 0 unspecified atom stereocenters. The van der Waals surface area contributed by atoms with Gasteiger partial charge in [0.05, 0.1) is 37.3 Å². The highest BCUT2D eigenvalue weighted by Crippen LogP contribution is 2.38. The van der Waals surface area contributed by atoms with Crippen LogP contribution in [-0.4, -0.2) is 65.2 Å². The smallest absolute Gasteiger partial charge is 0.272 e. The lowest BCUT2D eigenvalue weighted by molar-refractivity contribution is -0.108. The average Bonchev–Trinajstić information content (AvgIpc) is 3.47. The van der Waals surface area contributed by atoms with Gasteiger partial charge < -0.3 is 25.0 Å². The standard InChI is InChI=1S/C29H34N6O4S/c1-6-39-26-13-21-7-9-35(10-8-30-29(37)23-16-32-40-34-23)24(22(21)14-25(26)38-5)15-27(31-17-36)33-28-19(3)11-18(2)12-20(28)4/h11-17H,6-10H2,1-5H3,(H,30,37)(H,31,33,36)/b24-15-. The van der Waals surface area contributed by atoms with Crippen molar-refractivity contribution in [2.24, 2.45) is 4.99 Å². The Morgan fingerprint density at radius 2 is 1.95 bits per heavy atom. The van der Waals surface area contributed by atoms with Crippen molar-refractivity contribution in [2.45, 2.75) is 34.1 Å². The summed E-state index contributed by atoms with van der Waals surface area (Å²) < 4.78 is 19.4. The van der Waals surface area contributed by atoms with Crippen molar-refractivity contribution in [1.82, 2.24) is 24.3 Å². The van der Waals surface area contributed by atoms with Crippen molar-refractivity contribution in [1.29, 1.82) is 0 Å². The van der Waals surface area contributed by atoms with Gasteiger partial charge in [-0.3, -0.25) is 9.59 Å². The number of aliphatic imine (C=N–C) groups is 1. The quantitative estimate of drug-likeness (QED) is 0.218. The van der Waals surface area contributed by atoms with Crippen LogP contribution in [0.2, 0.25) is 0 Å². The molecule has 2 amide bonds. The number of nitrogens with one attached hydrogen (secondary N) is 2. The van der Waals surface area contributed by atoms with E-state index in [2.05, 4.69) is 36.4 Å². The first-order chi connectivity index (χ1) is 19.3. The Morgan fingerprint density at radius 3 is 2.60 bits per heavy atom. The molecule has 11 heteroatoms. The van der Waals surface area contributed by atoms with Crippen LogP contribution in [0.15, 0.2) is 41.5 Å². The highest BCUT2D eigenvalue weighted by atomic mass is 32.1. The number of ether oxygens (including phenoxy) is 2. The highest BCUT2D eigenvalue weighted by molar-refractivity contribution is 6.99. The van der Waals surface area contributed by atoms with Crippen LogP contribution < -0.4 is 20.1 Å². The Balaban J connectivity index is 1.74. The summed E-state index contributed by atoms with van der Waals surface area (Å²) in [6, 6.07) is 8.11. The molecule has 0 aliphatic carbocycles. The van der Waals surface area contributed by atoms with Crippen molar-refractivity contribution in [3.63, 3.8) is 0 Å². The first-order valence-electron chi connectivity index (χ1n) is 13.1. The van der Waals surface area contributed by atoms with E-state index in [1.54, 1.807) is 7.11 Å². The number of nitrogens with zero attached hydrogens (tertiary/aromatic N) is 4. The molecule has 0 fully saturated rings. The summed E-state index contributed by atoms with van der Waals surface area (Å²) in [5.41, 5.74) is 7.18. The first-order valence-corrected chi connectivity index (χ1v) is 13.8. The molecule has 1 aliphatic rings. The topological polar surface area (TPSA) is 118 Å². The third kappa shape index (κ3) is 6.66. The Morgan fingerprint density at radius 1 is 1.18 bits per heavy atom. The molecule has 210 valence electrons. The van der Waals surface area contributed by atoms with Crippen LogP contribution in [-0.2, 0) is 11.2 Å². The van der Waals surface area contributed by atoms with E-state index in [0.717, 1.165) is 57.4 Å². The molecule has 4 rings (SSSR count). The maximum atomic E-state index is 12.4. The molecule has 0 spiro atoms. The van der Waals surface area contributed by atoms with Crippen LogP contribution in [0.25, 0.3) is 5.70 Å². The normalized spacial score (nSPS) is 14.1. The van der Waals surface area contributed by atoms with E-state index in [1.165, 1.54) is 6.20 Å². The van der Waals surface area contributed by atoms with Gasteiger partial charge in [0.2, 0.25) is 6.41 Å². The number of carbonyl (C=O) groups excluding carboxylic acids is 2. The van der Waals surface area contributed by atoms with Crippen molar-refractivity contribution in [3.05, 3.63) is 70.0 Å². The fourth-order valence-corrected chi connectivity index (χ4v) is 5.26. The Bertz CT molecular complexity index is 1410. The minimum absolute atomic E-state index is 0.269. The van der Waals surface area contributed by atoms with Gasteiger partial charge in [0.25, 0.3) is 5.91 Å². The fraction of sp³-hybridized carbons (Fsp3) is 0.345. The summed E-state index contributed by atoms with van der Waals surface area (Å²) in [7, 11) is 1.61. The molecule has 2 aromatic carbocycles. The Labute approximate surface area is 238 Å². The predicted octanol–water partition coefficient (Wildman–Crippen LogP) is 3.98. The molecule has 0 atom stereocenters. The number of aromatic nitrogens is 2. The molecule has 1 aromatic heterocycles. The summed E-state index contributed by atoms with van der Waals surface area (Å²) in [6.07, 6.45) is 4.72. The van der Waals surface area contributed by atoms with Crippen LogP contribution in [0, 0.1) is 20.8 Å². The molecule has 0 saturated heterocycles. The molecule has 2 heterocycles. The van der Waals surface area contributed by atoms with Gasteiger partial charge >= 0.3 is 0 Å². The molecule has 40 heavy (non-hydrogen) atoms. The first kappa shape index (κ1) is 28.8. The van der Waals surface area contributed by atoms with E-state index >= 15 is 0 Å². The highest BCUT2D eigenvalue weighted by Gasteiger charge is 2.25. The summed E-state index contributed by atoms with van der Waals surface area (Å²) in [5.74, 6) is 1.44. The second-order valence-corrected chi connectivity index (χ2v) is 9.97. The van der Waals surface area contributed by atoms with Gasteiger partial charge in [-0.2, -0.15) is 8.75 Å². The third-order valence-electron chi connectivity index (χ3n) is 6.57. The van der Waals surface area contributed by atoms with Gasteiger partial charge in [-0.15, -0.1) is 0 Å². The molecule has 0 bridgehead atoms. The number of aryl methyl sites for hydroxylation is 3. The van der Waals surface area contributed by atoms with Crippen molar-refractivity contribution in [3.8, 4) is 11.5 Å². The number of hydrogen-bond donors (Lipinski definition) is 2. The zero-order chi connectivity index (χ0) is 28.6. The van der Waals surface area contributed by atoms with Gasteiger partial charge in [0, 0.05) is 37.0 Å². The van der Waals surface area contributed by atoms with Gasteiger partial charge in [-0.25, -0.2) is 4.99 Å². The van der Waals surface area contributed by atoms with E-state index in [-0.39, 0.29) is 5.91 Å².